The third-order valence-electron chi connectivity index (χ3n) is 7.18. The van der Waals surface area contributed by atoms with Crippen LogP contribution in [-0.2, 0) is 28.1 Å². The van der Waals surface area contributed by atoms with Gasteiger partial charge in [-0.25, -0.2) is 0 Å². The van der Waals surface area contributed by atoms with E-state index in [1.54, 1.807) is 0 Å². The zero-order valence-corrected chi connectivity index (χ0v) is 15.6. The first kappa shape index (κ1) is 16.3. The number of nitrogens with one attached hydrogen (secondary N) is 2. The second-order valence-corrected chi connectivity index (χ2v) is 8.43. The highest BCUT2D eigenvalue weighted by molar-refractivity contribution is 6.09. The molecule has 7 nitrogen and oxygen atoms in total. The minimum Gasteiger partial charge on any atom is -0.338 e. The van der Waals surface area contributed by atoms with E-state index in [1.165, 1.54) is 0 Å². The Kier molecular flexibility index (Phi) is 3.30. The van der Waals surface area contributed by atoms with E-state index in [9.17, 15) is 9.59 Å². The van der Waals surface area contributed by atoms with Gasteiger partial charge in [-0.2, -0.15) is 5.10 Å². The number of para-hydroxylation sites is 1. The molecule has 0 bridgehead atoms. The second-order valence-electron chi connectivity index (χ2n) is 8.43. The molecule has 28 heavy (non-hydrogen) atoms. The Bertz CT molecular complexity index is 985. The molecule has 2 N–H and O–H groups in total. The predicted molar refractivity (Wildman–Crippen MR) is 102 cm³/mol. The van der Waals surface area contributed by atoms with Crippen molar-refractivity contribution in [1.29, 1.82) is 0 Å². The van der Waals surface area contributed by atoms with E-state index < -0.39 is 5.54 Å². The van der Waals surface area contributed by atoms with E-state index in [-0.39, 0.29) is 17.7 Å². The van der Waals surface area contributed by atoms with Gasteiger partial charge < -0.3 is 10.2 Å². The summed E-state index contributed by atoms with van der Waals surface area (Å²) in [6, 6.07) is 8.20. The van der Waals surface area contributed by atoms with Crippen LogP contribution in [0.3, 0.4) is 0 Å². The summed E-state index contributed by atoms with van der Waals surface area (Å²) in [4.78, 5) is 31.4. The van der Waals surface area contributed by atoms with Crippen LogP contribution in [0.4, 0.5) is 5.69 Å². The molecular weight excluding hydrogens is 354 g/mol. The molecule has 2 fully saturated rings. The molecule has 0 aliphatic carbocycles. The van der Waals surface area contributed by atoms with Crippen molar-refractivity contribution < 1.29 is 9.59 Å². The summed E-state index contributed by atoms with van der Waals surface area (Å²) < 4.78 is 0. The number of nitrogens with zero attached hydrogens (tertiary/aromatic N) is 3. The van der Waals surface area contributed by atoms with Crippen LogP contribution in [0.15, 0.2) is 30.5 Å². The monoisotopic (exact) mass is 377 g/mol. The van der Waals surface area contributed by atoms with Crippen LogP contribution in [0, 0.1) is 5.92 Å². The number of aromatic nitrogens is 2. The molecule has 3 atom stereocenters. The van der Waals surface area contributed by atoms with Gasteiger partial charge in [0, 0.05) is 48.1 Å². The molecule has 2 amide bonds. The Morgan fingerprint density at radius 3 is 3.07 bits per heavy atom. The number of amides is 2. The number of carbonyl (C=O) groups excluding carboxylic acids is 2. The van der Waals surface area contributed by atoms with Gasteiger partial charge in [0.1, 0.15) is 5.54 Å². The zero-order valence-electron chi connectivity index (χ0n) is 15.6. The SMILES string of the molecule is O=C([C@H]1C[C@H]2CCCN2[C@]12C(=O)Nc1ccccc12)N1CCc2[nH]ncc2C1. The number of H-pyrrole nitrogens is 1. The van der Waals surface area contributed by atoms with Gasteiger partial charge in [0.15, 0.2) is 0 Å². The van der Waals surface area contributed by atoms with Gasteiger partial charge in [-0.05, 0) is 31.9 Å². The Morgan fingerprint density at radius 2 is 2.14 bits per heavy atom. The largest absolute Gasteiger partial charge is 0.338 e. The van der Waals surface area contributed by atoms with Crippen molar-refractivity contribution in [3.05, 3.63) is 47.3 Å². The molecule has 2 saturated heterocycles. The Morgan fingerprint density at radius 1 is 1.25 bits per heavy atom. The molecule has 2 aromatic rings. The smallest absolute Gasteiger partial charge is 0.250 e. The van der Waals surface area contributed by atoms with Gasteiger partial charge in [0.25, 0.3) is 0 Å². The number of benzene rings is 1. The Hall–Kier alpha value is -2.67. The topological polar surface area (TPSA) is 81.3 Å². The van der Waals surface area contributed by atoms with Crippen molar-refractivity contribution >= 4 is 17.5 Å². The number of anilines is 1. The molecule has 1 spiro atoms. The Labute approximate surface area is 163 Å². The van der Waals surface area contributed by atoms with Crippen LogP contribution in [-0.4, -0.2) is 50.9 Å². The number of hydrogen-bond acceptors (Lipinski definition) is 4. The molecule has 0 saturated carbocycles. The molecule has 7 heteroatoms. The normalized spacial score (nSPS) is 31.0. The van der Waals surface area contributed by atoms with E-state index in [0.717, 1.165) is 54.7 Å². The quantitative estimate of drug-likeness (QED) is 0.791. The maximum absolute atomic E-state index is 13.8. The van der Waals surface area contributed by atoms with Gasteiger partial charge >= 0.3 is 0 Å². The van der Waals surface area contributed by atoms with Crippen LogP contribution in [0.2, 0.25) is 0 Å². The molecule has 6 rings (SSSR count). The summed E-state index contributed by atoms with van der Waals surface area (Å²) in [5.74, 6) is -0.263. The molecule has 1 aromatic carbocycles. The minimum absolute atomic E-state index is 0.0301. The summed E-state index contributed by atoms with van der Waals surface area (Å²) in [7, 11) is 0. The summed E-state index contributed by atoms with van der Waals surface area (Å²) in [5.41, 5.74) is 3.18. The summed E-state index contributed by atoms with van der Waals surface area (Å²) in [6.07, 6.45) is 5.51. The van der Waals surface area contributed by atoms with Gasteiger partial charge in [-0.15, -0.1) is 0 Å². The van der Waals surface area contributed by atoms with Crippen LogP contribution < -0.4 is 5.32 Å². The third-order valence-corrected chi connectivity index (χ3v) is 7.18. The second kappa shape index (κ2) is 5.67. The van der Waals surface area contributed by atoms with E-state index in [0.29, 0.717) is 19.1 Å². The average Bonchev–Trinajstić information content (AvgIpc) is 3.46. The number of fused-ring (bicyclic) bond motifs is 5. The number of hydrogen-bond donors (Lipinski definition) is 2. The molecule has 0 radical (unpaired) electrons. The van der Waals surface area contributed by atoms with Crippen molar-refractivity contribution in [3.8, 4) is 0 Å². The van der Waals surface area contributed by atoms with E-state index in [4.69, 9.17) is 0 Å². The van der Waals surface area contributed by atoms with Crippen LogP contribution >= 0.6 is 0 Å². The maximum atomic E-state index is 13.8. The van der Waals surface area contributed by atoms with Crippen molar-refractivity contribution in [2.24, 2.45) is 5.92 Å². The molecule has 1 aromatic heterocycles. The lowest BCUT2D eigenvalue weighted by Gasteiger charge is -2.39. The standard InChI is InChI=1S/C21H23N5O2/c27-19(25-9-7-17-13(12-25)11-22-24-17)16-10-14-4-3-8-26(14)21(16)15-5-1-2-6-18(15)23-20(21)28/h1-2,5-6,11,14,16H,3-4,7-10,12H2,(H,22,24)(H,23,28)/t14-,16-,21+/m1/s1. The zero-order chi connectivity index (χ0) is 18.9. The molecule has 4 aliphatic heterocycles. The van der Waals surface area contributed by atoms with Gasteiger partial charge in [-0.1, -0.05) is 18.2 Å². The van der Waals surface area contributed by atoms with Crippen molar-refractivity contribution in [3.63, 3.8) is 0 Å². The fourth-order valence-electron chi connectivity index (χ4n) is 5.99. The first-order valence-electron chi connectivity index (χ1n) is 10.2. The lowest BCUT2D eigenvalue weighted by Crippen LogP contribution is -2.55. The average molecular weight is 377 g/mol. The Balaban J connectivity index is 1.43. The van der Waals surface area contributed by atoms with Gasteiger partial charge in [-0.3, -0.25) is 19.6 Å². The van der Waals surface area contributed by atoms with Crippen molar-refractivity contribution in [2.75, 3.05) is 18.4 Å². The molecule has 144 valence electrons. The number of carbonyl (C=O) groups is 2. The number of rotatable bonds is 1. The van der Waals surface area contributed by atoms with E-state index in [2.05, 4.69) is 20.4 Å². The van der Waals surface area contributed by atoms with Gasteiger partial charge in [0.05, 0.1) is 12.1 Å². The van der Waals surface area contributed by atoms with Crippen LogP contribution in [0.25, 0.3) is 0 Å². The first-order valence-corrected chi connectivity index (χ1v) is 10.2. The van der Waals surface area contributed by atoms with Crippen LogP contribution in [0.5, 0.6) is 0 Å². The minimum atomic E-state index is -0.856. The van der Waals surface area contributed by atoms with E-state index in [1.807, 2.05) is 35.4 Å². The lowest BCUT2D eigenvalue weighted by molar-refractivity contribution is -0.145. The summed E-state index contributed by atoms with van der Waals surface area (Å²) in [5, 5.41) is 10.2. The predicted octanol–water partition coefficient (Wildman–Crippen LogP) is 1.63. The van der Waals surface area contributed by atoms with Crippen molar-refractivity contribution in [1.82, 2.24) is 20.0 Å². The van der Waals surface area contributed by atoms with Crippen LogP contribution in [0.1, 0.15) is 36.1 Å². The molecule has 0 unspecified atom stereocenters. The highest BCUT2D eigenvalue weighted by Crippen LogP contribution is 2.55. The highest BCUT2D eigenvalue weighted by atomic mass is 16.2. The summed E-state index contributed by atoms with van der Waals surface area (Å²) in [6.45, 7) is 2.13. The fraction of sp³-hybridized carbons (Fsp3) is 0.476. The van der Waals surface area contributed by atoms with Gasteiger partial charge in [0.2, 0.25) is 11.8 Å². The third kappa shape index (κ3) is 1.95. The van der Waals surface area contributed by atoms with Crippen molar-refractivity contribution in [2.45, 2.75) is 43.8 Å². The lowest BCUT2D eigenvalue weighted by atomic mass is 9.77. The molecule has 4 aliphatic rings. The maximum Gasteiger partial charge on any atom is 0.250 e. The first-order chi connectivity index (χ1) is 13.7. The molecular formula is C21H23N5O2. The fourth-order valence-corrected chi connectivity index (χ4v) is 5.99. The number of aromatic amines is 1. The summed E-state index contributed by atoms with van der Waals surface area (Å²) >= 11 is 0. The highest BCUT2D eigenvalue weighted by Gasteiger charge is 2.65. The van der Waals surface area contributed by atoms with E-state index >= 15 is 0 Å². The molecule has 5 heterocycles.